The molecule has 1 aliphatic carbocycles. The zero-order chi connectivity index (χ0) is 27.8. The third-order valence-electron chi connectivity index (χ3n) is 4.82. The van der Waals surface area contributed by atoms with E-state index in [1.165, 1.54) is 19.0 Å². The molecule has 0 amide bonds. The molecule has 4 rings (SSSR count). The Hall–Kier alpha value is -4.41. The number of carbonyl (C=O) groups excluding carboxylic acids is 1. The predicted octanol–water partition coefficient (Wildman–Crippen LogP) is 4.67. The van der Waals surface area contributed by atoms with Crippen LogP contribution in [0.5, 0.6) is 0 Å². The van der Waals surface area contributed by atoms with Gasteiger partial charge >= 0.3 is 0 Å². The van der Waals surface area contributed by atoms with Crippen LogP contribution in [0.1, 0.15) is 25.5 Å². The van der Waals surface area contributed by atoms with Crippen molar-refractivity contribution in [1.82, 2.24) is 25.0 Å². The highest BCUT2D eigenvalue weighted by Gasteiger charge is 2.13. The van der Waals surface area contributed by atoms with E-state index in [-0.39, 0.29) is 5.76 Å². The Kier molecular flexibility index (Phi) is 12.8. The van der Waals surface area contributed by atoms with E-state index in [4.69, 9.17) is 9.63 Å². The van der Waals surface area contributed by atoms with Crippen molar-refractivity contribution >= 4 is 17.8 Å². The Morgan fingerprint density at radius 2 is 1.71 bits per heavy atom. The summed E-state index contributed by atoms with van der Waals surface area (Å²) in [7, 11) is 4.82. The first-order valence-electron chi connectivity index (χ1n) is 11.9. The van der Waals surface area contributed by atoms with Crippen molar-refractivity contribution in [2.75, 3.05) is 33.1 Å². The largest absolute Gasteiger partial charge is 0.511 e. The molecule has 10 nitrogen and oxygen atoms in total. The summed E-state index contributed by atoms with van der Waals surface area (Å²) in [5.74, 6) is 0.826. The molecular weight excluding hydrogens is 484 g/mol. The van der Waals surface area contributed by atoms with E-state index in [0.717, 1.165) is 13.4 Å². The van der Waals surface area contributed by atoms with E-state index >= 15 is 0 Å². The van der Waals surface area contributed by atoms with Gasteiger partial charge in [0.1, 0.15) is 11.5 Å². The minimum absolute atomic E-state index is 0.111. The summed E-state index contributed by atoms with van der Waals surface area (Å²) < 4.78 is 5.35. The summed E-state index contributed by atoms with van der Waals surface area (Å²) in [5, 5.41) is 23.1. The highest BCUT2D eigenvalue weighted by molar-refractivity contribution is 6.05. The number of aliphatic hydroxyl groups excluding tert-OH is 2. The summed E-state index contributed by atoms with van der Waals surface area (Å²) in [6, 6.07) is 8.87. The zero-order valence-corrected chi connectivity index (χ0v) is 22.1. The first kappa shape index (κ1) is 29.8. The van der Waals surface area contributed by atoms with Crippen molar-refractivity contribution < 1.29 is 19.5 Å². The van der Waals surface area contributed by atoms with Crippen LogP contribution >= 0.6 is 0 Å². The predicted molar refractivity (Wildman–Crippen MR) is 149 cm³/mol. The van der Waals surface area contributed by atoms with Crippen molar-refractivity contribution in [2.45, 2.75) is 19.8 Å². The Bertz CT molecular complexity index is 1260. The number of aromatic nitrogens is 4. The molecule has 0 spiro atoms. The van der Waals surface area contributed by atoms with Gasteiger partial charge in [0.25, 0.3) is 0 Å². The fourth-order valence-corrected chi connectivity index (χ4v) is 3.02. The van der Waals surface area contributed by atoms with Crippen LogP contribution in [0, 0.1) is 0 Å². The van der Waals surface area contributed by atoms with Gasteiger partial charge in [-0.2, -0.15) is 0 Å². The molecule has 0 atom stereocenters. The number of hydrogen-bond donors (Lipinski definition) is 3. The molecule has 0 aliphatic heterocycles. The number of anilines is 1. The molecule has 38 heavy (non-hydrogen) atoms. The lowest BCUT2D eigenvalue weighted by atomic mass is 10.1. The Balaban J connectivity index is 0.000000548. The molecule has 1 aliphatic rings. The molecule has 0 bridgehead atoms. The highest BCUT2D eigenvalue weighted by atomic mass is 16.5. The van der Waals surface area contributed by atoms with Crippen molar-refractivity contribution in [2.24, 2.45) is 0 Å². The van der Waals surface area contributed by atoms with Gasteiger partial charge in [0.05, 0.1) is 22.7 Å². The van der Waals surface area contributed by atoms with Crippen molar-refractivity contribution in [1.29, 1.82) is 0 Å². The molecule has 3 N–H and O–H groups in total. The van der Waals surface area contributed by atoms with E-state index in [9.17, 15) is 9.90 Å². The van der Waals surface area contributed by atoms with Crippen LogP contribution < -0.4 is 5.32 Å². The van der Waals surface area contributed by atoms with Crippen molar-refractivity contribution in [3.63, 3.8) is 0 Å². The second-order valence-corrected chi connectivity index (χ2v) is 8.15. The molecule has 3 aromatic rings. The molecule has 200 valence electrons. The molecule has 10 heteroatoms. The lowest BCUT2D eigenvalue weighted by Gasteiger charge is -2.04. The van der Waals surface area contributed by atoms with E-state index < -0.39 is 0 Å². The summed E-state index contributed by atoms with van der Waals surface area (Å²) in [6.07, 6.45) is 16.5. The number of hydrogen-bond acceptors (Lipinski definition) is 10. The number of carbonyl (C=O) groups is 1. The minimum Gasteiger partial charge on any atom is -0.511 e. The second-order valence-electron chi connectivity index (χ2n) is 8.15. The quantitative estimate of drug-likeness (QED) is 0.219. The number of pyridine rings is 1. The lowest BCUT2D eigenvalue weighted by molar-refractivity contribution is -0.103. The van der Waals surface area contributed by atoms with Gasteiger partial charge in [0.2, 0.25) is 5.95 Å². The Labute approximate surface area is 222 Å². The van der Waals surface area contributed by atoms with Crippen LogP contribution in [0.2, 0.25) is 0 Å². The van der Waals surface area contributed by atoms with Crippen LogP contribution in [0.15, 0.2) is 83.4 Å². The van der Waals surface area contributed by atoms with E-state index in [0.29, 0.717) is 46.6 Å². The Morgan fingerprint density at radius 1 is 1.05 bits per heavy atom. The molecule has 3 heterocycles. The molecular formula is C28H34N6O4. The molecule has 0 saturated carbocycles. The summed E-state index contributed by atoms with van der Waals surface area (Å²) in [6.45, 7) is 2.15. The van der Waals surface area contributed by atoms with Gasteiger partial charge in [-0.3, -0.25) is 4.79 Å². The maximum Gasteiger partial charge on any atom is 0.227 e. The van der Waals surface area contributed by atoms with Gasteiger partial charge in [-0.15, -0.1) is 0 Å². The number of allylic oxidation sites excluding steroid dienone is 6. The van der Waals surface area contributed by atoms with Crippen LogP contribution in [0.4, 0.5) is 5.95 Å². The molecule has 0 fully saturated rings. The monoisotopic (exact) mass is 518 g/mol. The zero-order valence-electron chi connectivity index (χ0n) is 22.1. The first-order valence-corrected chi connectivity index (χ1v) is 11.9. The van der Waals surface area contributed by atoms with Gasteiger partial charge in [0.15, 0.2) is 12.0 Å². The normalized spacial score (nSPS) is 12.8. The highest BCUT2D eigenvalue weighted by Crippen LogP contribution is 2.24. The third kappa shape index (κ3) is 9.92. The van der Waals surface area contributed by atoms with Gasteiger partial charge in [-0.1, -0.05) is 41.6 Å². The summed E-state index contributed by atoms with van der Waals surface area (Å²) in [4.78, 5) is 26.4. The fraction of sp³-hybridized carbons (Fsp3) is 0.250. The fourth-order valence-electron chi connectivity index (χ4n) is 3.02. The average Bonchev–Trinajstić information content (AvgIpc) is 3.45. The third-order valence-corrected chi connectivity index (χ3v) is 4.82. The van der Waals surface area contributed by atoms with E-state index in [2.05, 4.69) is 49.7 Å². The van der Waals surface area contributed by atoms with Crippen LogP contribution in [-0.2, 0) is 4.79 Å². The maximum atomic E-state index is 11.4. The summed E-state index contributed by atoms with van der Waals surface area (Å²) in [5.41, 5.74) is 2.74. The molecule has 0 unspecified atom stereocenters. The number of rotatable bonds is 8. The number of nitrogens with one attached hydrogen (secondary N) is 1. The number of likely N-dealkylation sites (N-methyl/N-ethyl adjacent to an activating group) is 1. The maximum absolute atomic E-state index is 11.4. The molecule has 0 aromatic carbocycles. The number of nitrogens with zero attached hydrogens (tertiary/aromatic N) is 5. The molecule has 3 aromatic heterocycles. The minimum atomic E-state index is 0.111. The van der Waals surface area contributed by atoms with Crippen molar-refractivity contribution in [3.8, 4) is 22.8 Å². The topological polar surface area (TPSA) is 138 Å². The number of aliphatic hydroxyl groups is 2. The van der Waals surface area contributed by atoms with Crippen molar-refractivity contribution in [3.05, 3.63) is 84.6 Å². The lowest BCUT2D eigenvalue weighted by Crippen LogP contribution is -2.11. The van der Waals surface area contributed by atoms with Crippen LogP contribution in [-0.4, -0.2) is 69.3 Å². The van der Waals surface area contributed by atoms with E-state index in [1.807, 2.05) is 31.1 Å². The van der Waals surface area contributed by atoms with E-state index in [1.54, 1.807) is 37.4 Å². The number of aldehydes is 1. The summed E-state index contributed by atoms with van der Waals surface area (Å²) >= 11 is 0. The SMILES string of the molecule is C/C(O)=C/Nc1nccc(-c2cccc(-c3cc(/C(C=O)=C/CN(C)C)on3)n2)n1.C1=CCCC=C1.CO. The molecule has 0 saturated heterocycles. The van der Waals surface area contributed by atoms with Gasteiger partial charge in [-0.05, 0) is 52.1 Å². The molecule has 0 radical (unpaired) electrons. The smallest absolute Gasteiger partial charge is 0.227 e. The van der Waals surface area contributed by atoms with Crippen LogP contribution in [0.25, 0.3) is 28.3 Å². The standard InChI is InChI=1S/C21H22N6O3.C6H8.CH4O/c1-14(29)12-23-21-22-9-7-18(25-21)16-5-4-6-17(24-16)19-11-20(30-26-19)15(13-28)8-10-27(2)3;1-2-4-6-5-3-1;1-2/h4-9,11-13,29H,10H2,1-3H3,(H,22,23,25);1-4H,5-6H2;2H,1H3/b14-12-,15-8+;;. The van der Waals surface area contributed by atoms with Gasteiger partial charge in [-0.25, -0.2) is 15.0 Å². The second kappa shape index (κ2) is 16.4. The van der Waals surface area contributed by atoms with Gasteiger partial charge in [0, 0.05) is 32.1 Å². The van der Waals surface area contributed by atoms with Gasteiger partial charge < -0.3 is 25.0 Å². The van der Waals surface area contributed by atoms with Crippen LogP contribution in [0.3, 0.4) is 0 Å². The first-order chi connectivity index (χ1) is 18.5. The average molecular weight is 519 g/mol. The Morgan fingerprint density at radius 3 is 2.29 bits per heavy atom.